The second kappa shape index (κ2) is 2.64. The largest absolute Gasteiger partial charge is 0.396 e. The maximum atomic E-state index is 9.20. The van der Waals surface area contributed by atoms with Crippen molar-refractivity contribution in [2.75, 3.05) is 6.61 Å². The van der Waals surface area contributed by atoms with Crippen molar-refractivity contribution in [3.8, 4) is 0 Å². The zero-order chi connectivity index (χ0) is 8.84. The molecule has 1 aliphatic heterocycles. The minimum absolute atomic E-state index is 0.357. The van der Waals surface area contributed by atoms with Crippen molar-refractivity contribution in [1.82, 2.24) is 0 Å². The molecule has 13 heavy (non-hydrogen) atoms. The minimum Gasteiger partial charge on any atom is -0.396 e. The Morgan fingerprint density at radius 1 is 1.15 bits per heavy atom. The van der Waals surface area contributed by atoms with E-state index >= 15 is 0 Å². The highest BCUT2D eigenvalue weighted by molar-refractivity contribution is 5.76. The topological polar surface area (TPSA) is 45.0 Å². The van der Waals surface area contributed by atoms with Gasteiger partial charge < -0.3 is 5.11 Å². The van der Waals surface area contributed by atoms with Crippen LogP contribution in [0.5, 0.6) is 0 Å². The SMILES string of the molecule is OCC1CC2CC1C1C=NN=CC21. The zero-order valence-electron chi connectivity index (χ0n) is 7.50. The van der Waals surface area contributed by atoms with E-state index in [1.165, 1.54) is 12.8 Å². The maximum absolute atomic E-state index is 9.20. The molecule has 2 fully saturated rings. The number of rotatable bonds is 1. The molecule has 1 N–H and O–H groups in total. The van der Waals surface area contributed by atoms with Gasteiger partial charge in [0, 0.05) is 30.9 Å². The fraction of sp³-hybridized carbons (Fsp3) is 0.800. The van der Waals surface area contributed by atoms with Gasteiger partial charge in [-0.25, -0.2) is 0 Å². The number of aliphatic hydroxyl groups excluding tert-OH is 1. The average Bonchev–Trinajstić information content (AvgIpc) is 2.75. The zero-order valence-corrected chi connectivity index (χ0v) is 7.50. The lowest BCUT2D eigenvalue weighted by molar-refractivity contribution is 0.152. The van der Waals surface area contributed by atoms with Gasteiger partial charge in [-0.1, -0.05) is 0 Å². The second-order valence-electron chi connectivity index (χ2n) is 4.52. The number of nitrogens with zero attached hydrogens (tertiary/aromatic N) is 2. The lowest BCUT2D eigenvalue weighted by atomic mass is 9.75. The van der Waals surface area contributed by atoms with Crippen molar-refractivity contribution in [2.24, 2.45) is 39.8 Å². The van der Waals surface area contributed by atoms with E-state index in [4.69, 9.17) is 0 Å². The van der Waals surface area contributed by atoms with Crippen molar-refractivity contribution >= 4 is 12.4 Å². The van der Waals surface area contributed by atoms with Crippen LogP contribution in [0.1, 0.15) is 12.8 Å². The molecule has 2 aliphatic carbocycles. The maximum Gasteiger partial charge on any atom is 0.0462 e. The van der Waals surface area contributed by atoms with Crippen LogP contribution < -0.4 is 0 Å². The predicted octanol–water partition coefficient (Wildman–Crippen LogP) is 0.937. The minimum atomic E-state index is 0.357. The van der Waals surface area contributed by atoms with E-state index < -0.39 is 0 Å². The summed E-state index contributed by atoms with van der Waals surface area (Å²) in [4.78, 5) is 0. The first kappa shape index (κ1) is 7.68. The predicted molar refractivity (Wildman–Crippen MR) is 50.8 cm³/mol. The van der Waals surface area contributed by atoms with Gasteiger partial charge >= 0.3 is 0 Å². The van der Waals surface area contributed by atoms with Gasteiger partial charge in [-0.15, -0.1) is 0 Å². The standard InChI is InChI=1S/C10H14N2O/c13-5-7-1-6-2-8(7)10-4-12-11-3-9(6)10/h3-4,6-10,13H,1-2,5H2. The molecule has 1 heterocycles. The third-order valence-electron chi connectivity index (χ3n) is 4.05. The van der Waals surface area contributed by atoms with Gasteiger partial charge in [0.05, 0.1) is 0 Å². The first-order chi connectivity index (χ1) is 6.40. The van der Waals surface area contributed by atoms with Crippen molar-refractivity contribution in [3.63, 3.8) is 0 Å². The van der Waals surface area contributed by atoms with Crippen LogP contribution in [0.15, 0.2) is 10.2 Å². The summed E-state index contributed by atoms with van der Waals surface area (Å²) in [5.41, 5.74) is 0. The van der Waals surface area contributed by atoms with E-state index in [1.54, 1.807) is 0 Å². The molecule has 5 atom stereocenters. The molecule has 0 saturated heterocycles. The van der Waals surface area contributed by atoms with Gasteiger partial charge in [0.2, 0.25) is 0 Å². The Kier molecular flexibility index (Phi) is 1.56. The van der Waals surface area contributed by atoms with Crippen LogP contribution in [-0.4, -0.2) is 24.1 Å². The molecule has 2 saturated carbocycles. The van der Waals surface area contributed by atoms with Crippen molar-refractivity contribution in [1.29, 1.82) is 0 Å². The van der Waals surface area contributed by atoms with Gasteiger partial charge in [0.1, 0.15) is 0 Å². The molecular formula is C10H14N2O. The van der Waals surface area contributed by atoms with Crippen LogP contribution in [0.25, 0.3) is 0 Å². The third-order valence-corrected chi connectivity index (χ3v) is 4.05. The highest BCUT2D eigenvalue weighted by Gasteiger charge is 2.51. The summed E-state index contributed by atoms with van der Waals surface area (Å²) in [6, 6.07) is 0. The van der Waals surface area contributed by atoms with Crippen molar-refractivity contribution < 1.29 is 5.11 Å². The summed E-state index contributed by atoms with van der Waals surface area (Å²) in [5.74, 6) is 3.18. The molecule has 3 heteroatoms. The molecule has 0 amide bonds. The number of fused-ring (bicyclic) bond motifs is 5. The van der Waals surface area contributed by atoms with Crippen LogP contribution in [0.3, 0.4) is 0 Å². The Morgan fingerprint density at radius 3 is 2.69 bits per heavy atom. The second-order valence-corrected chi connectivity index (χ2v) is 4.52. The van der Waals surface area contributed by atoms with E-state index in [1.807, 2.05) is 12.4 Å². The summed E-state index contributed by atoms with van der Waals surface area (Å²) in [6.45, 7) is 0.357. The van der Waals surface area contributed by atoms with Crippen LogP contribution in [0.4, 0.5) is 0 Å². The van der Waals surface area contributed by atoms with Gasteiger partial charge in [0.15, 0.2) is 0 Å². The lowest BCUT2D eigenvalue weighted by Gasteiger charge is -2.31. The number of aliphatic hydroxyl groups is 1. The molecule has 3 nitrogen and oxygen atoms in total. The molecule has 0 aromatic rings. The van der Waals surface area contributed by atoms with E-state index in [0.717, 1.165) is 5.92 Å². The molecule has 3 rings (SSSR count). The summed E-state index contributed by atoms with van der Waals surface area (Å²) >= 11 is 0. The first-order valence-electron chi connectivity index (χ1n) is 5.07. The quantitative estimate of drug-likeness (QED) is 0.638. The Hall–Kier alpha value is -0.700. The monoisotopic (exact) mass is 178 g/mol. The normalized spacial score (nSPS) is 51.3. The highest BCUT2D eigenvalue weighted by atomic mass is 16.3. The fourth-order valence-electron chi connectivity index (χ4n) is 3.46. The van der Waals surface area contributed by atoms with E-state index in [2.05, 4.69) is 10.2 Å². The summed E-state index contributed by atoms with van der Waals surface area (Å²) in [7, 11) is 0. The molecule has 0 spiro atoms. The average molecular weight is 178 g/mol. The lowest BCUT2D eigenvalue weighted by Crippen LogP contribution is -2.32. The molecular weight excluding hydrogens is 164 g/mol. The summed E-state index contributed by atoms with van der Waals surface area (Å²) < 4.78 is 0. The molecule has 70 valence electrons. The van der Waals surface area contributed by atoms with Crippen LogP contribution in [-0.2, 0) is 0 Å². The van der Waals surface area contributed by atoms with Gasteiger partial charge in [-0.05, 0) is 30.6 Å². The van der Waals surface area contributed by atoms with Gasteiger partial charge in [-0.2, -0.15) is 10.2 Å². The van der Waals surface area contributed by atoms with E-state index in [0.29, 0.717) is 30.3 Å². The van der Waals surface area contributed by atoms with Crippen LogP contribution in [0, 0.1) is 29.6 Å². The molecule has 2 bridgehead atoms. The summed E-state index contributed by atoms with van der Waals surface area (Å²) in [6.07, 6.45) is 6.49. The first-order valence-corrected chi connectivity index (χ1v) is 5.07. The van der Waals surface area contributed by atoms with Crippen molar-refractivity contribution in [2.45, 2.75) is 12.8 Å². The molecule has 3 aliphatic rings. The fourth-order valence-corrected chi connectivity index (χ4v) is 3.46. The third kappa shape index (κ3) is 0.937. The molecule has 5 unspecified atom stereocenters. The Bertz CT molecular complexity index is 274. The Balaban J connectivity index is 1.88. The Morgan fingerprint density at radius 2 is 1.92 bits per heavy atom. The summed E-state index contributed by atoms with van der Waals surface area (Å²) in [5, 5.41) is 17.1. The van der Waals surface area contributed by atoms with E-state index in [-0.39, 0.29) is 0 Å². The number of hydrogen-bond donors (Lipinski definition) is 1. The van der Waals surface area contributed by atoms with Gasteiger partial charge in [0.25, 0.3) is 0 Å². The van der Waals surface area contributed by atoms with E-state index in [9.17, 15) is 5.11 Å². The van der Waals surface area contributed by atoms with Crippen LogP contribution in [0.2, 0.25) is 0 Å². The van der Waals surface area contributed by atoms with Crippen molar-refractivity contribution in [3.05, 3.63) is 0 Å². The molecule has 0 radical (unpaired) electrons. The van der Waals surface area contributed by atoms with Gasteiger partial charge in [-0.3, -0.25) is 0 Å². The van der Waals surface area contributed by atoms with Crippen LogP contribution >= 0.6 is 0 Å². The Labute approximate surface area is 77.6 Å². The number of hydrogen-bond acceptors (Lipinski definition) is 3. The highest BCUT2D eigenvalue weighted by Crippen LogP contribution is 2.54. The smallest absolute Gasteiger partial charge is 0.0462 e. The molecule has 0 aromatic heterocycles. The molecule has 0 aromatic carbocycles.